The van der Waals surface area contributed by atoms with Gasteiger partial charge in [0, 0.05) is 19.3 Å². The number of likely N-dealkylation sites (tertiary alicyclic amines) is 1. The standard InChI is InChI=1S/C13H18N2O/c1-13(2,3)10-8-15(9-10)12(16)11-6-4-5-7-14-11/h4-7,10H,8-9H2,1-3H3. The molecule has 0 N–H and O–H groups in total. The lowest BCUT2D eigenvalue weighted by molar-refractivity contribution is 0.0205. The van der Waals surface area contributed by atoms with E-state index in [1.165, 1.54) is 0 Å². The molecule has 2 heterocycles. The van der Waals surface area contributed by atoms with Crippen LogP contribution in [-0.2, 0) is 0 Å². The molecule has 1 amide bonds. The van der Waals surface area contributed by atoms with E-state index in [0.29, 0.717) is 17.0 Å². The molecule has 3 heteroatoms. The maximum absolute atomic E-state index is 12.0. The molecule has 0 bridgehead atoms. The Hall–Kier alpha value is -1.38. The molecule has 1 aromatic heterocycles. The maximum atomic E-state index is 12.0. The summed E-state index contributed by atoms with van der Waals surface area (Å²) in [5.74, 6) is 0.668. The van der Waals surface area contributed by atoms with Crippen LogP contribution in [-0.4, -0.2) is 28.9 Å². The molecule has 16 heavy (non-hydrogen) atoms. The molecule has 1 aliphatic heterocycles. The van der Waals surface area contributed by atoms with Crippen LogP contribution in [0.2, 0.25) is 0 Å². The predicted molar refractivity (Wildman–Crippen MR) is 63.1 cm³/mol. The zero-order chi connectivity index (χ0) is 11.8. The van der Waals surface area contributed by atoms with Gasteiger partial charge in [0.2, 0.25) is 0 Å². The fourth-order valence-electron chi connectivity index (χ4n) is 1.84. The van der Waals surface area contributed by atoms with Crippen LogP contribution in [0.5, 0.6) is 0 Å². The van der Waals surface area contributed by atoms with Gasteiger partial charge in [0.05, 0.1) is 0 Å². The minimum Gasteiger partial charge on any atom is -0.337 e. The SMILES string of the molecule is CC(C)(C)C1CN(C(=O)c2ccccn2)C1. The molecule has 0 radical (unpaired) electrons. The van der Waals surface area contributed by atoms with Crippen molar-refractivity contribution in [2.24, 2.45) is 11.3 Å². The Labute approximate surface area is 96.5 Å². The Morgan fingerprint density at radius 3 is 2.56 bits per heavy atom. The van der Waals surface area contributed by atoms with Crippen molar-refractivity contribution in [1.82, 2.24) is 9.88 Å². The molecule has 1 fully saturated rings. The van der Waals surface area contributed by atoms with Crippen molar-refractivity contribution in [1.29, 1.82) is 0 Å². The fourth-order valence-corrected chi connectivity index (χ4v) is 1.84. The summed E-state index contributed by atoms with van der Waals surface area (Å²) in [6.45, 7) is 8.39. The quantitative estimate of drug-likeness (QED) is 0.724. The van der Waals surface area contributed by atoms with Crippen LogP contribution in [0.3, 0.4) is 0 Å². The number of nitrogens with zero attached hydrogens (tertiary/aromatic N) is 2. The third-order valence-corrected chi connectivity index (χ3v) is 3.28. The first kappa shape index (κ1) is 11.1. The Kier molecular flexibility index (Phi) is 2.70. The van der Waals surface area contributed by atoms with Gasteiger partial charge in [-0.15, -0.1) is 0 Å². The molecule has 0 atom stereocenters. The summed E-state index contributed by atoms with van der Waals surface area (Å²) >= 11 is 0. The van der Waals surface area contributed by atoms with E-state index in [0.717, 1.165) is 13.1 Å². The van der Waals surface area contributed by atoms with Gasteiger partial charge in [-0.25, -0.2) is 0 Å². The smallest absolute Gasteiger partial charge is 0.272 e. The number of aromatic nitrogens is 1. The van der Waals surface area contributed by atoms with Gasteiger partial charge in [0.15, 0.2) is 0 Å². The first-order valence-corrected chi connectivity index (χ1v) is 5.69. The van der Waals surface area contributed by atoms with E-state index in [9.17, 15) is 4.79 Å². The van der Waals surface area contributed by atoms with E-state index in [4.69, 9.17) is 0 Å². The van der Waals surface area contributed by atoms with E-state index in [2.05, 4.69) is 25.8 Å². The molecule has 0 saturated carbocycles. The third-order valence-electron chi connectivity index (χ3n) is 3.28. The van der Waals surface area contributed by atoms with Gasteiger partial charge >= 0.3 is 0 Å². The molecule has 0 aliphatic carbocycles. The van der Waals surface area contributed by atoms with Crippen molar-refractivity contribution in [2.75, 3.05) is 13.1 Å². The van der Waals surface area contributed by atoms with Crippen molar-refractivity contribution >= 4 is 5.91 Å². The first-order valence-electron chi connectivity index (χ1n) is 5.69. The second kappa shape index (κ2) is 3.89. The number of amides is 1. The normalized spacial score (nSPS) is 17.1. The maximum Gasteiger partial charge on any atom is 0.272 e. The average molecular weight is 218 g/mol. The molecule has 86 valence electrons. The highest BCUT2D eigenvalue weighted by Gasteiger charge is 2.38. The molecular weight excluding hydrogens is 200 g/mol. The van der Waals surface area contributed by atoms with Gasteiger partial charge in [-0.3, -0.25) is 9.78 Å². The van der Waals surface area contributed by atoms with Crippen LogP contribution in [0.4, 0.5) is 0 Å². The Morgan fingerprint density at radius 2 is 2.06 bits per heavy atom. The van der Waals surface area contributed by atoms with Crippen LogP contribution >= 0.6 is 0 Å². The highest BCUT2D eigenvalue weighted by atomic mass is 16.2. The summed E-state index contributed by atoms with van der Waals surface area (Å²) < 4.78 is 0. The molecular formula is C13H18N2O. The number of hydrogen-bond donors (Lipinski definition) is 0. The highest BCUT2D eigenvalue weighted by molar-refractivity contribution is 5.92. The van der Waals surface area contributed by atoms with Gasteiger partial charge in [0.1, 0.15) is 5.69 Å². The Balaban J connectivity index is 1.96. The lowest BCUT2D eigenvalue weighted by atomic mass is 9.76. The second-order valence-electron chi connectivity index (χ2n) is 5.49. The van der Waals surface area contributed by atoms with Crippen LogP contribution in [0.1, 0.15) is 31.3 Å². The van der Waals surface area contributed by atoms with Gasteiger partial charge in [-0.05, 0) is 23.5 Å². The minimum absolute atomic E-state index is 0.0566. The molecule has 1 aliphatic rings. The largest absolute Gasteiger partial charge is 0.337 e. The lowest BCUT2D eigenvalue weighted by Gasteiger charge is -2.46. The van der Waals surface area contributed by atoms with Gasteiger partial charge < -0.3 is 4.90 Å². The Morgan fingerprint density at radius 1 is 1.38 bits per heavy atom. The molecule has 2 rings (SSSR count). The zero-order valence-corrected chi connectivity index (χ0v) is 10.1. The summed E-state index contributed by atoms with van der Waals surface area (Å²) in [5.41, 5.74) is 0.843. The number of carbonyl (C=O) groups is 1. The van der Waals surface area contributed by atoms with Crippen LogP contribution in [0.25, 0.3) is 0 Å². The summed E-state index contributed by atoms with van der Waals surface area (Å²) in [6.07, 6.45) is 1.66. The number of hydrogen-bond acceptors (Lipinski definition) is 2. The lowest BCUT2D eigenvalue weighted by Crippen LogP contribution is -2.54. The Bertz CT molecular complexity index is 375. The van der Waals surface area contributed by atoms with Gasteiger partial charge in [0.25, 0.3) is 5.91 Å². The van der Waals surface area contributed by atoms with Crippen molar-refractivity contribution < 1.29 is 4.79 Å². The highest BCUT2D eigenvalue weighted by Crippen LogP contribution is 2.33. The monoisotopic (exact) mass is 218 g/mol. The first-order chi connectivity index (χ1) is 7.48. The van der Waals surface area contributed by atoms with Crippen molar-refractivity contribution in [3.8, 4) is 0 Å². The molecule has 1 saturated heterocycles. The predicted octanol–water partition coefficient (Wildman–Crippen LogP) is 2.20. The van der Waals surface area contributed by atoms with E-state index in [1.54, 1.807) is 12.3 Å². The molecule has 0 unspecified atom stereocenters. The molecule has 1 aromatic rings. The van der Waals surface area contributed by atoms with Gasteiger partial charge in [-0.2, -0.15) is 0 Å². The van der Waals surface area contributed by atoms with E-state index >= 15 is 0 Å². The van der Waals surface area contributed by atoms with Crippen molar-refractivity contribution in [2.45, 2.75) is 20.8 Å². The van der Waals surface area contributed by atoms with Crippen molar-refractivity contribution in [3.63, 3.8) is 0 Å². The van der Waals surface area contributed by atoms with Crippen LogP contribution in [0.15, 0.2) is 24.4 Å². The zero-order valence-electron chi connectivity index (χ0n) is 10.1. The molecule has 3 nitrogen and oxygen atoms in total. The number of rotatable bonds is 1. The summed E-state index contributed by atoms with van der Waals surface area (Å²) in [6, 6.07) is 5.44. The second-order valence-corrected chi connectivity index (χ2v) is 5.49. The third kappa shape index (κ3) is 2.08. The van der Waals surface area contributed by atoms with Gasteiger partial charge in [-0.1, -0.05) is 26.8 Å². The molecule has 0 spiro atoms. The van der Waals surface area contributed by atoms with Crippen LogP contribution in [0, 0.1) is 11.3 Å². The number of carbonyl (C=O) groups excluding carboxylic acids is 1. The summed E-state index contributed by atoms with van der Waals surface area (Å²) in [4.78, 5) is 17.9. The average Bonchev–Trinajstić information content (AvgIpc) is 2.14. The topological polar surface area (TPSA) is 33.2 Å². The van der Waals surface area contributed by atoms with Crippen LogP contribution < -0.4 is 0 Å². The van der Waals surface area contributed by atoms with Crippen molar-refractivity contribution in [3.05, 3.63) is 30.1 Å². The minimum atomic E-state index is 0.0566. The van der Waals surface area contributed by atoms with E-state index in [-0.39, 0.29) is 5.91 Å². The van der Waals surface area contributed by atoms with E-state index < -0.39 is 0 Å². The molecule has 0 aromatic carbocycles. The summed E-state index contributed by atoms with van der Waals surface area (Å²) in [5, 5.41) is 0. The number of pyridine rings is 1. The van der Waals surface area contributed by atoms with E-state index in [1.807, 2.05) is 17.0 Å². The fraction of sp³-hybridized carbons (Fsp3) is 0.538. The summed E-state index contributed by atoms with van der Waals surface area (Å²) in [7, 11) is 0.